The Morgan fingerprint density at radius 3 is 2.50 bits per heavy atom. The minimum absolute atomic E-state index is 0.336. The van der Waals surface area contributed by atoms with E-state index in [4.69, 9.17) is 29.0 Å². The van der Waals surface area contributed by atoms with Crippen molar-refractivity contribution in [2.24, 2.45) is 11.8 Å². The molecule has 0 heterocycles. The van der Waals surface area contributed by atoms with Crippen LogP contribution in [-0.4, -0.2) is 6.04 Å². The van der Waals surface area contributed by atoms with Gasteiger partial charge in [0.2, 0.25) is 0 Å². The van der Waals surface area contributed by atoms with Gasteiger partial charge in [0, 0.05) is 6.04 Å². The monoisotopic (exact) mass is 286 g/mol. The maximum atomic E-state index is 6.04. The summed E-state index contributed by atoms with van der Waals surface area (Å²) in [6, 6.07) is 6.16. The predicted octanol–water partition coefficient (Wildman–Crippen LogP) is 3.95. The Balaban J connectivity index is 2.02. The molecule has 1 fully saturated rings. The average molecular weight is 287 g/mol. The molecule has 100 valence electrons. The Kier molecular flexibility index (Phi) is 5.31. The van der Waals surface area contributed by atoms with Crippen LogP contribution in [-0.2, 0) is 6.42 Å². The van der Waals surface area contributed by atoms with Crippen LogP contribution in [0.3, 0.4) is 0 Å². The van der Waals surface area contributed by atoms with E-state index in [1.807, 2.05) is 18.2 Å². The summed E-state index contributed by atoms with van der Waals surface area (Å²) in [6.45, 7) is 0. The lowest BCUT2D eigenvalue weighted by molar-refractivity contribution is 0.268. The molecule has 1 unspecified atom stereocenters. The fourth-order valence-electron chi connectivity index (χ4n) is 2.82. The van der Waals surface area contributed by atoms with Gasteiger partial charge in [-0.25, -0.2) is 0 Å². The van der Waals surface area contributed by atoms with Gasteiger partial charge in [-0.05, 0) is 42.9 Å². The normalized spacial score (nSPS) is 18.8. The Labute approximate surface area is 119 Å². The first kappa shape index (κ1) is 14.1. The minimum Gasteiger partial charge on any atom is -0.271 e. The van der Waals surface area contributed by atoms with Gasteiger partial charge in [-0.15, -0.1) is 0 Å². The maximum Gasteiger partial charge on any atom is 0.0595 e. The zero-order valence-corrected chi connectivity index (χ0v) is 12.0. The minimum atomic E-state index is 0.336. The Morgan fingerprint density at radius 1 is 1.17 bits per heavy atom. The summed E-state index contributed by atoms with van der Waals surface area (Å²) in [5.74, 6) is 6.39. The first-order valence-corrected chi connectivity index (χ1v) is 7.36. The quantitative estimate of drug-likeness (QED) is 0.650. The zero-order valence-electron chi connectivity index (χ0n) is 10.5. The van der Waals surface area contributed by atoms with Crippen LogP contribution >= 0.6 is 23.2 Å². The van der Waals surface area contributed by atoms with Crippen LogP contribution < -0.4 is 11.3 Å². The summed E-state index contributed by atoms with van der Waals surface area (Å²) in [5, 5.41) is 1.23. The molecule has 0 spiro atoms. The van der Waals surface area contributed by atoms with Crippen LogP contribution in [0.4, 0.5) is 0 Å². The molecule has 3 N–H and O–H groups in total. The van der Waals surface area contributed by atoms with Crippen LogP contribution in [0.5, 0.6) is 0 Å². The summed E-state index contributed by atoms with van der Waals surface area (Å²) >= 11 is 12.0. The number of rotatable bonds is 4. The molecular formula is C14H20Cl2N2. The summed E-state index contributed by atoms with van der Waals surface area (Å²) in [4.78, 5) is 0. The number of nitrogens with two attached hydrogens (primary N) is 1. The van der Waals surface area contributed by atoms with E-state index in [9.17, 15) is 0 Å². The lowest BCUT2D eigenvalue weighted by atomic mass is 9.82. The van der Waals surface area contributed by atoms with E-state index in [0.29, 0.717) is 22.0 Å². The highest BCUT2D eigenvalue weighted by Crippen LogP contribution is 2.29. The molecule has 0 radical (unpaired) electrons. The number of hydrazine groups is 1. The summed E-state index contributed by atoms with van der Waals surface area (Å²) in [5.41, 5.74) is 4.17. The second-order valence-electron chi connectivity index (χ2n) is 5.12. The second kappa shape index (κ2) is 6.76. The van der Waals surface area contributed by atoms with Gasteiger partial charge in [0.25, 0.3) is 0 Å². The van der Waals surface area contributed by atoms with Crippen molar-refractivity contribution in [1.82, 2.24) is 5.43 Å². The van der Waals surface area contributed by atoms with Crippen molar-refractivity contribution < 1.29 is 0 Å². The second-order valence-corrected chi connectivity index (χ2v) is 5.94. The highest BCUT2D eigenvalue weighted by Gasteiger charge is 2.22. The van der Waals surface area contributed by atoms with Gasteiger partial charge in [-0.3, -0.25) is 11.3 Å². The molecule has 2 nitrogen and oxygen atoms in total. The van der Waals surface area contributed by atoms with E-state index in [2.05, 4.69) is 5.43 Å². The highest BCUT2D eigenvalue weighted by atomic mass is 35.5. The van der Waals surface area contributed by atoms with Crippen molar-refractivity contribution >= 4 is 23.2 Å². The predicted molar refractivity (Wildman–Crippen MR) is 77.9 cm³/mol. The molecule has 0 aliphatic heterocycles. The van der Waals surface area contributed by atoms with Crippen molar-refractivity contribution in [2.45, 2.75) is 44.6 Å². The molecule has 0 amide bonds. The summed E-state index contributed by atoms with van der Waals surface area (Å²) in [6.07, 6.45) is 7.47. The largest absolute Gasteiger partial charge is 0.271 e. The van der Waals surface area contributed by atoms with E-state index >= 15 is 0 Å². The highest BCUT2D eigenvalue weighted by molar-refractivity contribution is 6.42. The number of halogens is 2. The third kappa shape index (κ3) is 3.61. The maximum absolute atomic E-state index is 6.04. The third-order valence-corrected chi connectivity index (χ3v) is 4.61. The number of benzene rings is 1. The molecule has 0 aromatic heterocycles. The number of nitrogens with one attached hydrogen (secondary N) is 1. The van der Waals surface area contributed by atoms with Crippen molar-refractivity contribution in [2.75, 3.05) is 0 Å². The summed E-state index contributed by atoms with van der Waals surface area (Å²) < 4.78 is 0. The first-order chi connectivity index (χ1) is 8.70. The molecule has 1 atom stereocenters. The van der Waals surface area contributed by atoms with Gasteiger partial charge in [-0.1, -0.05) is 48.5 Å². The van der Waals surface area contributed by atoms with Crippen LogP contribution in [0, 0.1) is 5.92 Å². The summed E-state index contributed by atoms with van der Waals surface area (Å²) in [7, 11) is 0. The average Bonchev–Trinajstić information content (AvgIpc) is 2.41. The van der Waals surface area contributed by atoms with Crippen LogP contribution in [0.2, 0.25) is 10.0 Å². The van der Waals surface area contributed by atoms with Gasteiger partial charge < -0.3 is 0 Å². The lowest BCUT2D eigenvalue weighted by Gasteiger charge is -2.29. The Morgan fingerprint density at radius 2 is 1.89 bits per heavy atom. The van der Waals surface area contributed by atoms with Crippen molar-refractivity contribution in [3.05, 3.63) is 33.8 Å². The van der Waals surface area contributed by atoms with Crippen molar-refractivity contribution in [3.8, 4) is 0 Å². The Bertz CT molecular complexity index is 389. The van der Waals surface area contributed by atoms with Gasteiger partial charge >= 0.3 is 0 Å². The van der Waals surface area contributed by atoms with E-state index in [-0.39, 0.29) is 0 Å². The molecule has 0 saturated heterocycles. The van der Waals surface area contributed by atoms with E-state index in [0.717, 1.165) is 6.42 Å². The molecule has 18 heavy (non-hydrogen) atoms. The number of hydrogen-bond donors (Lipinski definition) is 2. The van der Waals surface area contributed by atoms with Gasteiger partial charge in [0.1, 0.15) is 0 Å². The fourth-order valence-corrected chi connectivity index (χ4v) is 3.14. The lowest BCUT2D eigenvalue weighted by Crippen LogP contribution is -2.43. The SMILES string of the molecule is NNC(Cc1ccc(Cl)c(Cl)c1)C1CCCCC1. The zero-order chi connectivity index (χ0) is 13.0. The van der Waals surface area contributed by atoms with E-state index < -0.39 is 0 Å². The van der Waals surface area contributed by atoms with Gasteiger partial charge in [-0.2, -0.15) is 0 Å². The molecule has 1 saturated carbocycles. The fraction of sp³-hybridized carbons (Fsp3) is 0.571. The molecule has 1 aliphatic rings. The molecule has 0 bridgehead atoms. The van der Waals surface area contributed by atoms with Gasteiger partial charge in [0.15, 0.2) is 0 Å². The Hall–Kier alpha value is -0.280. The van der Waals surface area contributed by atoms with Crippen molar-refractivity contribution in [3.63, 3.8) is 0 Å². The molecule has 1 aromatic carbocycles. The molecule has 1 aliphatic carbocycles. The van der Waals surface area contributed by atoms with Crippen LogP contribution in [0.25, 0.3) is 0 Å². The third-order valence-electron chi connectivity index (χ3n) is 3.87. The van der Waals surface area contributed by atoms with E-state index in [1.165, 1.54) is 37.7 Å². The first-order valence-electron chi connectivity index (χ1n) is 6.60. The molecule has 1 aromatic rings. The molecule has 2 rings (SSSR count). The van der Waals surface area contributed by atoms with E-state index in [1.54, 1.807) is 0 Å². The standard InChI is InChI=1S/C14H20Cl2N2/c15-12-7-6-10(8-13(12)16)9-14(18-17)11-4-2-1-3-5-11/h6-8,11,14,18H,1-5,9,17H2. The molecule has 4 heteroatoms. The van der Waals surface area contributed by atoms with Crippen LogP contribution in [0.1, 0.15) is 37.7 Å². The number of hydrogen-bond acceptors (Lipinski definition) is 2. The molecular weight excluding hydrogens is 267 g/mol. The van der Waals surface area contributed by atoms with Crippen molar-refractivity contribution in [1.29, 1.82) is 0 Å². The van der Waals surface area contributed by atoms with Gasteiger partial charge in [0.05, 0.1) is 10.0 Å². The smallest absolute Gasteiger partial charge is 0.0595 e. The van der Waals surface area contributed by atoms with Crippen LogP contribution in [0.15, 0.2) is 18.2 Å². The topological polar surface area (TPSA) is 38.0 Å².